The lowest BCUT2D eigenvalue weighted by molar-refractivity contribution is -0.133. The quantitative estimate of drug-likeness (QED) is 0.670. The van der Waals surface area contributed by atoms with Crippen molar-refractivity contribution in [1.82, 2.24) is 0 Å². The molecule has 112 valence electrons. The van der Waals surface area contributed by atoms with Crippen LogP contribution in [0, 0.1) is 0 Å². The summed E-state index contributed by atoms with van der Waals surface area (Å²) >= 11 is 0. The first-order chi connectivity index (χ1) is 10.7. The Hall–Kier alpha value is -2.75. The first-order valence-corrected chi connectivity index (χ1v) is 7.07. The van der Waals surface area contributed by atoms with Gasteiger partial charge in [0.05, 0.1) is 19.6 Å². The van der Waals surface area contributed by atoms with Gasteiger partial charge in [0.1, 0.15) is 11.5 Å². The number of benzene rings is 1. The van der Waals surface area contributed by atoms with E-state index in [4.69, 9.17) is 13.9 Å². The van der Waals surface area contributed by atoms with Gasteiger partial charge in [-0.3, -0.25) is 4.79 Å². The molecule has 0 atom stereocenters. The summed E-state index contributed by atoms with van der Waals surface area (Å²) in [6.07, 6.45) is 3.53. The third-order valence-corrected chi connectivity index (χ3v) is 3.49. The zero-order valence-corrected chi connectivity index (χ0v) is 12.5. The smallest absolute Gasteiger partial charge is 0.310 e. The van der Waals surface area contributed by atoms with E-state index in [1.165, 1.54) is 0 Å². The molecule has 0 amide bonds. The molecular weight excluding hydrogens is 280 g/mol. The van der Waals surface area contributed by atoms with Crippen LogP contribution in [0.25, 0.3) is 22.3 Å². The Bertz CT molecular complexity index is 772. The normalized spacial score (nSPS) is 10.6. The van der Waals surface area contributed by atoms with Crippen molar-refractivity contribution in [3.63, 3.8) is 0 Å². The monoisotopic (exact) mass is 296 g/mol. The molecule has 22 heavy (non-hydrogen) atoms. The van der Waals surface area contributed by atoms with Crippen LogP contribution in [0.1, 0.15) is 13.3 Å². The molecule has 0 N–H and O–H groups in total. The van der Waals surface area contributed by atoms with Gasteiger partial charge in [-0.05, 0) is 29.8 Å². The van der Waals surface area contributed by atoms with E-state index < -0.39 is 0 Å². The number of methoxy groups -OCH3 is 1. The van der Waals surface area contributed by atoms with E-state index in [1.807, 2.05) is 30.3 Å². The molecule has 1 aliphatic heterocycles. The molecule has 4 heteroatoms. The second-order valence-corrected chi connectivity index (χ2v) is 4.87. The van der Waals surface area contributed by atoms with Gasteiger partial charge in [0.25, 0.3) is 0 Å². The fourth-order valence-corrected chi connectivity index (χ4v) is 2.37. The molecule has 0 spiro atoms. The van der Waals surface area contributed by atoms with Crippen molar-refractivity contribution in [3.8, 4) is 33.8 Å². The highest BCUT2D eigenvalue weighted by atomic mass is 16.5. The third kappa shape index (κ3) is 2.55. The number of rotatable bonds is 4. The fraction of sp³-hybridized carbons (Fsp3) is 0.167. The molecule has 0 saturated heterocycles. The zero-order chi connectivity index (χ0) is 15.5. The maximum atomic E-state index is 11.8. The summed E-state index contributed by atoms with van der Waals surface area (Å²) in [4.78, 5) is 11.8. The second-order valence-electron chi connectivity index (χ2n) is 4.87. The number of carbonyl (C=O) groups excluding carboxylic acids is 1. The van der Waals surface area contributed by atoms with Gasteiger partial charge < -0.3 is 13.9 Å². The van der Waals surface area contributed by atoms with Gasteiger partial charge >= 0.3 is 5.97 Å². The highest BCUT2D eigenvalue weighted by molar-refractivity contribution is 5.91. The Kier molecular flexibility index (Phi) is 3.83. The van der Waals surface area contributed by atoms with Crippen molar-refractivity contribution in [3.05, 3.63) is 48.9 Å². The third-order valence-electron chi connectivity index (χ3n) is 3.49. The van der Waals surface area contributed by atoms with Crippen LogP contribution in [-0.2, 0) is 4.79 Å². The van der Waals surface area contributed by atoms with Gasteiger partial charge in [-0.25, -0.2) is 0 Å². The minimum Gasteiger partial charge on any atom is -0.497 e. The minimum atomic E-state index is -0.266. The summed E-state index contributed by atoms with van der Waals surface area (Å²) in [5, 5.41) is 0. The summed E-state index contributed by atoms with van der Waals surface area (Å²) in [5.41, 5.74) is 3.51. The second kappa shape index (κ2) is 5.93. The van der Waals surface area contributed by atoms with Crippen LogP contribution in [0.4, 0.5) is 0 Å². The van der Waals surface area contributed by atoms with E-state index in [9.17, 15) is 4.79 Å². The number of hydrogen-bond acceptors (Lipinski definition) is 4. The number of carbonyl (C=O) groups is 1. The standard InChI is InChI=1S/C18H16O4/c1-3-17(19)22-18-15-7-8-21-11-13(15)10-16(18)12-5-4-6-14(9-12)20-2/h4-11H,3H2,1-2H3. The van der Waals surface area contributed by atoms with E-state index >= 15 is 0 Å². The topological polar surface area (TPSA) is 48.7 Å². The van der Waals surface area contributed by atoms with Crippen LogP contribution in [0.3, 0.4) is 0 Å². The molecular formula is C18H16O4. The van der Waals surface area contributed by atoms with Gasteiger partial charge in [-0.2, -0.15) is 0 Å². The molecule has 4 nitrogen and oxygen atoms in total. The lowest BCUT2D eigenvalue weighted by atomic mass is 10.1. The molecule has 0 fully saturated rings. The first-order valence-electron chi connectivity index (χ1n) is 7.07. The summed E-state index contributed by atoms with van der Waals surface area (Å²) in [7, 11) is 1.62. The molecule has 0 unspecified atom stereocenters. The van der Waals surface area contributed by atoms with Crippen molar-refractivity contribution in [2.24, 2.45) is 0 Å². The molecule has 2 aliphatic rings. The summed E-state index contributed by atoms with van der Waals surface area (Å²) < 4.78 is 16.0. The van der Waals surface area contributed by atoms with Crippen LogP contribution in [-0.4, -0.2) is 13.1 Å². The van der Waals surface area contributed by atoms with Crippen molar-refractivity contribution in [2.45, 2.75) is 13.3 Å². The average molecular weight is 296 g/mol. The van der Waals surface area contributed by atoms with E-state index in [2.05, 4.69) is 0 Å². The first kappa shape index (κ1) is 14.2. The summed E-state index contributed by atoms with van der Waals surface area (Å²) in [6, 6.07) is 11.4. The Morgan fingerprint density at radius 1 is 1.14 bits per heavy atom. The number of fused-ring (bicyclic) bond motifs is 1. The predicted molar refractivity (Wildman–Crippen MR) is 83.2 cm³/mol. The van der Waals surface area contributed by atoms with Crippen LogP contribution < -0.4 is 9.47 Å². The maximum Gasteiger partial charge on any atom is 0.310 e. The van der Waals surface area contributed by atoms with E-state index in [1.54, 1.807) is 32.6 Å². The van der Waals surface area contributed by atoms with Crippen molar-refractivity contribution in [2.75, 3.05) is 7.11 Å². The molecule has 1 aromatic carbocycles. The largest absolute Gasteiger partial charge is 0.497 e. The Morgan fingerprint density at radius 3 is 2.77 bits per heavy atom. The lowest BCUT2D eigenvalue weighted by Crippen LogP contribution is -2.06. The summed E-state index contributed by atoms with van der Waals surface area (Å²) in [5.74, 6) is 1.04. The molecule has 1 aromatic rings. The van der Waals surface area contributed by atoms with Crippen molar-refractivity contribution < 1.29 is 18.7 Å². The highest BCUT2D eigenvalue weighted by Gasteiger charge is 2.21. The van der Waals surface area contributed by atoms with Gasteiger partial charge in [0, 0.05) is 23.1 Å². The van der Waals surface area contributed by atoms with E-state index in [0.717, 1.165) is 28.0 Å². The van der Waals surface area contributed by atoms with Gasteiger partial charge in [-0.15, -0.1) is 0 Å². The maximum absolute atomic E-state index is 11.8. The van der Waals surface area contributed by atoms with Gasteiger partial charge in [-0.1, -0.05) is 19.1 Å². The summed E-state index contributed by atoms with van der Waals surface area (Å²) in [6.45, 7) is 1.77. The van der Waals surface area contributed by atoms with Crippen LogP contribution >= 0.6 is 0 Å². The van der Waals surface area contributed by atoms with E-state index in [0.29, 0.717) is 12.2 Å². The Morgan fingerprint density at radius 2 is 2.00 bits per heavy atom. The number of hydrogen-bond donors (Lipinski definition) is 0. The SMILES string of the molecule is CCC(=O)Oc1c2ccocc-2cc1-c1cccc(OC)c1. The van der Waals surface area contributed by atoms with Crippen LogP contribution in [0.2, 0.25) is 0 Å². The molecule has 0 radical (unpaired) electrons. The predicted octanol–water partition coefficient (Wildman–Crippen LogP) is 4.38. The molecule has 1 heterocycles. The molecule has 3 rings (SSSR count). The van der Waals surface area contributed by atoms with Gasteiger partial charge in [0.2, 0.25) is 0 Å². The number of ether oxygens (including phenoxy) is 2. The van der Waals surface area contributed by atoms with Gasteiger partial charge in [0.15, 0.2) is 0 Å². The molecule has 1 aliphatic carbocycles. The highest BCUT2D eigenvalue weighted by Crippen LogP contribution is 2.44. The lowest BCUT2D eigenvalue weighted by Gasteiger charge is -2.08. The molecule has 0 saturated carbocycles. The van der Waals surface area contributed by atoms with Crippen molar-refractivity contribution in [1.29, 1.82) is 0 Å². The molecule has 0 aromatic heterocycles. The Balaban J connectivity index is 2.16. The van der Waals surface area contributed by atoms with Crippen molar-refractivity contribution >= 4 is 5.97 Å². The zero-order valence-electron chi connectivity index (χ0n) is 12.5. The van der Waals surface area contributed by atoms with E-state index in [-0.39, 0.29) is 5.97 Å². The fourth-order valence-electron chi connectivity index (χ4n) is 2.37. The molecule has 0 bridgehead atoms. The average Bonchev–Trinajstić information content (AvgIpc) is 2.93. The Labute approximate surface area is 128 Å². The van der Waals surface area contributed by atoms with Crippen LogP contribution in [0.5, 0.6) is 11.5 Å². The van der Waals surface area contributed by atoms with Crippen LogP contribution in [0.15, 0.2) is 53.3 Å². The minimum absolute atomic E-state index is 0.266. The number of esters is 1.